The van der Waals surface area contributed by atoms with Crippen molar-refractivity contribution in [3.63, 3.8) is 0 Å². The van der Waals surface area contributed by atoms with Crippen LogP contribution in [0.4, 0.5) is 0 Å². The monoisotopic (exact) mass is 145 g/mol. The Labute approximate surface area is 62.7 Å². The Morgan fingerprint density at radius 2 is 2.11 bits per heavy atom. The van der Waals surface area contributed by atoms with E-state index in [0.29, 0.717) is 0 Å². The van der Waals surface area contributed by atoms with Crippen LogP contribution in [0.3, 0.4) is 0 Å². The van der Waals surface area contributed by atoms with E-state index in [4.69, 9.17) is 5.73 Å². The molecule has 9 heavy (non-hydrogen) atoms. The second-order valence-corrected chi connectivity index (χ2v) is 3.20. The molecule has 0 heterocycles. The van der Waals surface area contributed by atoms with E-state index in [1.807, 2.05) is 19.9 Å². The summed E-state index contributed by atoms with van der Waals surface area (Å²) in [5, 5.41) is 0. The maximum atomic E-state index is 5.72. The van der Waals surface area contributed by atoms with Gasteiger partial charge in [-0.3, -0.25) is 0 Å². The minimum Gasteiger partial charge on any atom is -0.321 e. The van der Waals surface area contributed by atoms with Gasteiger partial charge in [-0.2, -0.15) is 0 Å². The predicted molar refractivity (Wildman–Crippen MR) is 45.6 cm³/mol. The number of allylic oxidation sites excluding steroid dienone is 1. The molecule has 0 aliphatic heterocycles. The first-order chi connectivity index (χ1) is 3.98. The van der Waals surface area contributed by atoms with Gasteiger partial charge in [0, 0.05) is 5.54 Å². The molecule has 2 N–H and O–H groups in total. The second kappa shape index (κ2) is 3.28. The summed E-state index contributed by atoms with van der Waals surface area (Å²) in [6, 6.07) is 0. The van der Waals surface area contributed by atoms with Gasteiger partial charge < -0.3 is 5.73 Å². The van der Waals surface area contributed by atoms with Gasteiger partial charge in [0.2, 0.25) is 0 Å². The summed E-state index contributed by atoms with van der Waals surface area (Å²) >= 11 is 4.23. The maximum absolute atomic E-state index is 5.72. The Balaban J connectivity index is 4.03. The van der Waals surface area contributed by atoms with Crippen molar-refractivity contribution >= 4 is 12.6 Å². The van der Waals surface area contributed by atoms with Gasteiger partial charge >= 0.3 is 0 Å². The van der Waals surface area contributed by atoms with Crippen molar-refractivity contribution in [2.75, 3.05) is 0 Å². The van der Waals surface area contributed by atoms with Crippen molar-refractivity contribution in [1.82, 2.24) is 0 Å². The van der Waals surface area contributed by atoms with Crippen LogP contribution < -0.4 is 5.73 Å². The summed E-state index contributed by atoms with van der Waals surface area (Å²) in [6.45, 7) is 5.96. The molecule has 0 aliphatic rings. The van der Waals surface area contributed by atoms with E-state index in [-0.39, 0.29) is 5.54 Å². The minimum absolute atomic E-state index is 0.265. The molecule has 0 aromatic carbocycles. The number of hydrogen-bond acceptors (Lipinski definition) is 2. The molecule has 0 rings (SSSR count). The Kier molecular flexibility index (Phi) is 3.30. The lowest BCUT2D eigenvalue weighted by Crippen LogP contribution is -2.32. The highest BCUT2D eigenvalue weighted by molar-refractivity contribution is 7.84. The van der Waals surface area contributed by atoms with E-state index in [1.54, 1.807) is 0 Å². The third-order valence-electron chi connectivity index (χ3n) is 1.06. The third-order valence-corrected chi connectivity index (χ3v) is 1.82. The van der Waals surface area contributed by atoms with Crippen LogP contribution in [-0.2, 0) is 0 Å². The number of rotatable bonds is 2. The first-order valence-electron chi connectivity index (χ1n) is 3.17. The van der Waals surface area contributed by atoms with Crippen LogP contribution in [0.2, 0.25) is 0 Å². The number of nitrogens with two attached hydrogens (primary N) is 1. The lowest BCUT2D eigenvalue weighted by Gasteiger charge is -2.18. The van der Waals surface area contributed by atoms with E-state index in [1.165, 1.54) is 0 Å². The quantitative estimate of drug-likeness (QED) is 0.571. The lowest BCUT2D eigenvalue weighted by molar-refractivity contribution is 0.641. The maximum Gasteiger partial charge on any atom is 0.0406 e. The van der Waals surface area contributed by atoms with Gasteiger partial charge in [-0.1, -0.05) is 13.0 Å². The van der Waals surface area contributed by atoms with E-state index in [9.17, 15) is 0 Å². The van der Waals surface area contributed by atoms with E-state index >= 15 is 0 Å². The molecule has 0 atom stereocenters. The number of thiol groups is 1. The molecule has 2 heteroatoms. The van der Waals surface area contributed by atoms with Gasteiger partial charge in [0.15, 0.2) is 0 Å². The standard InChI is InChI=1S/C7H15NS/c1-4-5-6(9)7(2,3)8/h5,9H,4,8H2,1-3H3/b6-5-. The summed E-state index contributed by atoms with van der Waals surface area (Å²) < 4.78 is 0. The Morgan fingerprint density at radius 3 is 2.22 bits per heavy atom. The van der Waals surface area contributed by atoms with Crippen molar-refractivity contribution in [3.05, 3.63) is 11.0 Å². The molecule has 0 saturated heterocycles. The molecular formula is C7H15NS. The average Bonchev–Trinajstić information content (AvgIpc) is 1.64. The van der Waals surface area contributed by atoms with Gasteiger partial charge in [0.05, 0.1) is 0 Å². The normalized spacial score (nSPS) is 14.1. The zero-order valence-corrected chi connectivity index (χ0v) is 7.20. The minimum atomic E-state index is -0.265. The van der Waals surface area contributed by atoms with Crippen LogP contribution in [0.25, 0.3) is 0 Å². The molecule has 0 saturated carbocycles. The van der Waals surface area contributed by atoms with Gasteiger partial charge in [0.1, 0.15) is 0 Å². The highest BCUT2D eigenvalue weighted by Gasteiger charge is 2.12. The molecule has 0 spiro atoms. The van der Waals surface area contributed by atoms with Crippen LogP contribution >= 0.6 is 12.6 Å². The topological polar surface area (TPSA) is 26.0 Å². The molecule has 1 nitrogen and oxygen atoms in total. The fraction of sp³-hybridized carbons (Fsp3) is 0.714. The molecule has 0 radical (unpaired) electrons. The summed E-state index contributed by atoms with van der Waals surface area (Å²) in [6.07, 6.45) is 3.03. The Morgan fingerprint density at radius 1 is 1.67 bits per heavy atom. The van der Waals surface area contributed by atoms with Crippen molar-refractivity contribution in [2.45, 2.75) is 32.7 Å². The van der Waals surface area contributed by atoms with Crippen molar-refractivity contribution in [3.8, 4) is 0 Å². The highest BCUT2D eigenvalue weighted by atomic mass is 32.1. The molecular weight excluding hydrogens is 130 g/mol. The van der Waals surface area contributed by atoms with E-state index in [0.717, 1.165) is 11.3 Å². The largest absolute Gasteiger partial charge is 0.321 e. The summed E-state index contributed by atoms with van der Waals surface area (Å²) in [4.78, 5) is 0.963. The molecule has 0 unspecified atom stereocenters. The van der Waals surface area contributed by atoms with Crippen molar-refractivity contribution in [2.24, 2.45) is 5.73 Å². The van der Waals surface area contributed by atoms with Crippen LogP contribution in [0.1, 0.15) is 27.2 Å². The van der Waals surface area contributed by atoms with Crippen molar-refractivity contribution < 1.29 is 0 Å². The fourth-order valence-corrected chi connectivity index (χ4v) is 0.639. The molecule has 0 aromatic rings. The zero-order chi connectivity index (χ0) is 7.49. The summed E-state index contributed by atoms with van der Waals surface area (Å²) in [7, 11) is 0. The van der Waals surface area contributed by atoms with E-state index in [2.05, 4.69) is 19.6 Å². The van der Waals surface area contributed by atoms with Gasteiger partial charge in [0.25, 0.3) is 0 Å². The predicted octanol–water partition coefficient (Wildman–Crippen LogP) is 1.95. The smallest absolute Gasteiger partial charge is 0.0406 e. The lowest BCUT2D eigenvalue weighted by atomic mass is 10.1. The Hall–Kier alpha value is 0.0500. The first-order valence-corrected chi connectivity index (χ1v) is 3.61. The molecule has 0 aliphatic carbocycles. The van der Waals surface area contributed by atoms with E-state index < -0.39 is 0 Å². The molecule has 0 aromatic heterocycles. The van der Waals surface area contributed by atoms with Crippen LogP contribution in [0, 0.1) is 0 Å². The highest BCUT2D eigenvalue weighted by Crippen LogP contribution is 2.16. The van der Waals surface area contributed by atoms with Gasteiger partial charge in [-0.15, -0.1) is 12.6 Å². The molecule has 54 valence electrons. The van der Waals surface area contributed by atoms with Gasteiger partial charge in [-0.05, 0) is 25.2 Å². The molecule has 0 bridgehead atoms. The second-order valence-electron chi connectivity index (χ2n) is 2.72. The zero-order valence-electron chi connectivity index (χ0n) is 6.31. The Bertz CT molecular complexity index is 111. The summed E-state index contributed by atoms with van der Waals surface area (Å²) in [5.41, 5.74) is 5.46. The van der Waals surface area contributed by atoms with Crippen LogP contribution in [0.5, 0.6) is 0 Å². The average molecular weight is 145 g/mol. The van der Waals surface area contributed by atoms with Crippen molar-refractivity contribution in [1.29, 1.82) is 0 Å². The third kappa shape index (κ3) is 3.60. The summed E-state index contributed by atoms with van der Waals surface area (Å²) in [5.74, 6) is 0. The number of hydrogen-bond donors (Lipinski definition) is 2. The van der Waals surface area contributed by atoms with Crippen LogP contribution in [-0.4, -0.2) is 5.54 Å². The van der Waals surface area contributed by atoms with Gasteiger partial charge in [-0.25, -0.2) is 0 Å². The first kappa shape index (κ1) is 9.05. The SMILES string of the molecule is CC/C=C(\S)C(C)(C)N. The molecule has 0 fully saturated rings. The van der Waals surface area contributed by atoms with Crippen LogP contribution in [0.15, 0.2) is 11.0 Å². The molecule has 0 amide bonds. The fourth-order valence-electron chi connectivity index (χ4n) is 0.456.